The van der Waals surface area contributed by atoms with Gasteiger partial charge in [-0.15, -0.1) is 5.10 Å². The molecule has 24 heavy (non-hydrogen) atoms. The molecule has 1 saturated heterocycles. The van der Waals surface area contributed by atoms with Gasteiger partial charge >= 0.3 is 6.01 Å². The van der Waals surface area contributed by atoms with Crippen LogP contribution in [0.25, 0.3) is 11.4 Å². The number of ether oxygens (including phenoxy) is 1. The Labute approximate surface area is 138 Å². The van der Waals surface area contributed by atoms with E-state index >= 15 is 0 Å². The molecule has 0 amide bonds. The number of nitrogens with zero attached hydrogens (tertiary/aromatic N) is 6. The van der Waals surface area contributed by atoms with E-state index in [1.165, 1.54) is 0 Å². The molecule has 122 valence electrons. The third-order valence-corrected chi connectivity index (χ3v) is 4.65. The summed E-state index contributed by atoms with van der Waals surface area (Å²) in [5.74, 6) is 0.606. The van der Waals surface area contributed by atoms with Gasteiger partial charge in [-0.05, 0) is 6.42 Å². The van der Waals surface area contributed by atoms with Crippen molar-refractivity contribution < 1.29 is 9.26 Å². The molecule has 0 unspecified atom stereocenters. The van der Waals surface area contributed by atoms with Crippen molar-refractivity contribution in [2.24, 2.45) is 0 Å². The van der Waals surface area contributed by atoms with Crippen LogP contribution in [-0.2, 0) is 11.3 Å². The summed E-state index contributed by atoms with van der Waals surface area (Å²) in [6.07, 6.45) is 2.81. The Kier molecular flexibility index (Phi) is 3.08. The molecule has 0 bridgehead atoms. The molecule has 0 spiro atoms. The van der Waals surface area contributed by atoms with Crippen LogP contribution in [0, 0.1) is 0 Å². The van der Waals surface area contributed by atoms with Crippen LogP contribution < -0.4 is 4.90 Å². The number of hydrogen-bond donors (Lipinski definition) is 0. The first-order valence-electron chi connectivity index (χ1n) is 8.03. The number of rotatable bonds is 2. The third-order valence-electron chi connectivity index (χ3n) is 4.65. The summed E-state index contributed by atoms with van der Waals surface area (Å²) >= 11 is 0. The minimum atomic E-state index is 0.122. The minimum Gasteiger partial charge on any atom is -0.370 e. The van der Waals surface area contributed by atoms with Gasteiger partial charge < -0.3 is 14.2 Å². The van der Waals surface area contributed by atoms with E-state index in [4.69, 9.17) is 9.26 Å². The summed E-state index contributed by atoms with van der Waals surface area (Å²) in [4.78, 5) is 6.65. The topological polar surface area (TPSA) is 82.1 Å². The second-order valence-corrected chi connectivity index (χ2v) is 6.09. The van der Waals surface area contributed by atoms with Crippen molar-refractivity contribution in [2.75, 3.05) is 18.0 Å². The van der Waals surface area contributed by atoms with Gasteiger partial charge in [-0.3, -0.25) is 0 Å². The van der Waals surface area contributed by atoms with Crippen LogP contribution in [0.3, 0.4) is 0 Å². The summed E-state index contributed by atoms with van der Waals surface area (Å²) in [6.45, 7) is 2.12. The van der Waals surface area contributed by atoms with E-state index < -0.39 is 0 Å². The average molecular weight is 324 g/mol. The third kappa shape index (κ3) is 2.18. The maximum Gasteiger partial charge on any atom is 0.324 e. The Bertz CT molecular complexity index is 845. The van der Waals surface area contributed by atoms with Crippen LogP contribution in [0.4, 0.5) is 6.01 Å². The lowest BCUT2D eigenvalue weighted by Gasteiger charge is -2.40. The quantitative estimate of drug-likeness (QED) is 0.709. The first-order chi connectivity index (χ1) is 11.9. The number of hydrogen-bond acceptors (Lipinski definition) is 7. The van der Waals surface area contributed by atoms with Gasteiger partial charge in [0.05, 0.1) is 30.6 Å². The van der Waals surface area contributed by atoms with E-state index in [0.29, 0.717) is 18.4 Å². The standard InChI is InChI=1S/C16H16N6O2/c1-2-4-11(5-3-1)15-18-16(24-19-15)21-7-6-14-13(9-21)22-12(10-23-14)8-17-20-22/h1-5,8,13-14H,6-7,9-10H2/t13-,14+/m0/s1. The van der Waals surface area contributed by atoms with Crippen molar-refractivity contribution in [3.05, 3.63) is 42.2 Å². The van der Waals surface area contributed by atoms with Gasteiger partial charge in [-0.25, -0.2) is 4.68 Å². The molecule has 2 aliphatic rings. The molecule has 1 aromatic carbocycles. The molecule has 5 rings (SSSR count). The highest BCUT2D eigenvalue weighted by atomic mass is 16.5. The fourth-order valence-electron chi connectivity index (χ4n) is 3.40. The number of piperidine rings is 1. The molecule has 3 aromatic rings. The van der Waals surface area contributed by atoms with E-state index in [1.54, 1.807) is 6.20 Å². The molecule has 2 aliphatic heterocycles. The Hall–Kier alpha value is -2.74. The molecular weight excluding hydrogens is 308 g/mol. The largest absolute Gasteiger partial charge is 0.370 e. The van der Waals surface area contributed by atoms with Crippen molar-refractivity contribution in [3.63, 3.8) is 0 Å². The van der Waals surface area contributed by atoms with E-state index in [0.717, 1.165) is 30.8 Å². The second kappa shape index (κ2) is 5.41. The summed E-state index contributed by atoms with van der Waals surface area (Å²) in [5, 5.41) is 12.3. The molecular formula is C16H16N6O2. The van der Waals surface area contributed by atoms with Crippen molar-refractivity contribution in [2.45, 2.75) is 25.2 Å². The number of fused-ring (bicyclic) bond motifs is 3. The maximum absolute atomic E-state index is 5.93. The van der Waals surface area contributed by atoms with Gasteiger partial charge in [-0.2, -0.15) is 4.98 Å². The predicted octanol–water partition coefficient (Wildman–Crippen LogP) is 1.68. The average Bonchev–Trinajstić information content (AvgIpc) is 3.31. The van der Waals surface area contributed by atoms with Gasteiger partial charge in [0.2, 0.25) is 5.82 Å². The SMILES string of the molecule is c1ccc(-c2noc(N3CC[C@H]4OCc5cnnn5[C@H]4C3)n2)cc1. The zero-order valence-electron chi connectivity index (χ0n) is 12.9. The van der Waals surface area contributed by atoms with E-state index in [-0.39, 0.29) is 12.1 Å². The lowest BCUT2D eigenvalue weighted by Crippen LogP contribution is -2.48. The van der Waals surface area contributed by atoms with Gasteiger partial charge in [0.15, 0.2) is 0 Å². The highest BCUT2D eigenvalue weighted by Gasteiger charge is 2.37. The fourth-order valence-corrected chi connectivity index (χ4v) is 3.40. The molecule has 0 N–H and O–H groups in total. The zero-order valence-corrected chi connectivity index (χ0v) is 12.9. The van der Waals surface area contributed by atoms with Gasteiger partial charge in [0.1, 0.15) is 0 Å². The number of benzene rings is 1. The van der Waals surface area contributed by atoms with E-state index in [9.17, 15) is 0 Å². The molecule has 4 heterocycles. The highest BCUT2D eigenvalue weighted by molar-refractivity contribution is 5.55. The van der Waals surface area contributed by atoms with E-state index in [1.807, 2.05) is 35.0 Å². The molecule has 2 atom stereocenters. The lowest BCUT2D eigenvalue weighted by molar-refractivity contribution is -0.0378. The zero-order chi connectivity index (χ0) is 15.9. The summed E-state index contributed by atoms with van der Waals surface area (Å²) in [6, 6.07) is 10.5. The molecule has 0 aliphatic carbocycles. The van der Waals surface area contributed by atoms with Crippen molar-refractivity contribution in [1.82, 2.24) is 25.1 Å². The monoisotopic (exact) mass is 324 g/mol. The van der Waals surface area contributed by atoms with Crippen LogP contribution in [0.5, 0.6) is 0 Å². The van der Waals surface area contributed by atoms with Crippen LogP contribution in [-0.4, -0.2) is 44.3 Å². The molecule has 0 radical (unpaired) electrons. The van der Waals surface area contributed by atoms with Crippen molar-refractivity contribution in [1.29, 1.82) is 0 Å². The maximum atomic E-state index is 5.93. The van der Waals surface area contributed by atoms with Gasteiger partial charge in [0, 0.05) is 18.7 Å². The smallest absolute Gasteiger partial charge is 0.324 e. The lowest BCUT2D eigenvalue weighted by atomic mass is 10.0. The molecule has 8 nitrogen and oxygen atoms in total. The summed E-state index contributed by atoms with van der Waals surface area (Å²) in [5.41, 5.74) is 1.95. The Morgan fingerprint density at radius 2 is 2.08 bits per heavy atom. The fraction of sp³-hybridized carbons (Fsp3) is 0.375. The van der Waals surface area contributed by atoms with Crippen LogP contribution >= 0.6 is 0 Å². The van der Waals surface area contributed by atoms with Gasteiger partial charge in [-0.1, -0.05) is 40.7 Å². The Morgan fingerprint density at radius 3 is 3.00 bits per heavy atom. The Balaban J connectivity index is 1.41. The van der Waals surface area contributed by atoms with Crippen LogP contribution in [0.15, 0.2) is 41.1 Å². The molecule has 1 fully saturated rings. The van der Waals surface area contributed by atoms with Crippen LogP contribution in [0.1, 0.15) is 18.2 Å². The molecule has 0 saturated carbocycles. The summed E-state index contributed by atoms with van der Waals surface area (Å²) < 4.78 is 13.4. The molecule has 2 aromatic heterocycles. The normalized spacial score (nSPS) is 22.9. The molecule has 8 heteroatoms. The predicted molar refractivity (Wildman–Crippen MR) is 84.2 cm³/mol. The first kappa shape index (κ1) is 13.7. The van der Waals surface area contributed by atoms with E-state index in [2.05, 4.69) is 25.4 Å². The van der Waals surface area contributed by atoms with Crippen molar-refractivity contribution >= 4 is 6.01 Å². The van der Waals surface area contributed by atoms with Gasteiger partial charge in [0.25, 0.3) is 0 Å². The highest BCUT2D eigenvalue weighted by Crippen LogP contribution is 2.32. The van der Waals surface area contributed by atoms with Crippen molar-refractivity contribution in [3.8, 4) is 11.4 Å². The van der Waals surface area contributed by atoms with Crippen LogP contribution in [0.2, 0.25) is 0 Å². The second-order valence-electron chi connectivity index (χ2n) is 6.09. The number of aromatic nitrogens is 5. The Morgan fingerprint density at radius 1 is 1.17 bits per heavy atom. The summed E-state index contributed by atoms with van der Waals surface area (Å²) in [7, 11) is 0. The minimum absolute atomic E-state index is 0.122. The first-order valence-corrected chi connectivity index (χ1v) is 8.03. The number of anilines is 1.